The van der Waals surface area contributed by atoms with Gasteiger partial charge < -0.3 is 16.2 Å². The van der Waals surface area contributed by atoms with Gasteiger partial charge in [0.2, 0.25) is 0 Å². The molecule has 0 saturated carbocycles. The molecule has 0 aliphatic carbocycles. The fourth-order valence-corrected chi connectivity index (χ4v) is 1.66. The van der Waals surface area contributed by atoms with Gasteiger partial charge in [-0.2, -0.15) is 4.99 Å². The van der Waals surface area contributed by atoms with Crippen molar-refractivity contribution in [3.8, 4) is 16.9 Å². The van der Waals surface area contributed by atoms with Crippen molar-refractivity contribution in [3.63, 3.8) is 0 Å². The number of hydrogen-bond donors (Lipinski definition) is 2. The van der Waals surface area contributed by atoms with E-state index in [1.165, 1.54) is 0 Å². The van der Waals surface area contributed by atoms with Crippen LogP contribution < -0.4 is 16.2 Å². The SMILES string of the molecule is COc1ccccc1-c1ccnc(N=C(N)N)c1. The van der Waals surface area contributed by atoms with E-state index in [0.717, 1.165) is 16.9 Å². The summed E-state index contributed by atoms with van der Waals surface area (Å²) in [5.41, 5.74) is 12.6. The second-order valence-electron chi connectivity index (χ2n) is 3.64. The second kappa shape index (κ2) is 5.18. The molecule has 5 nitrogen and oxygen atoms in total. The Morgan fingerprint density at radius 1 is 1.22 bits per heavy atom. The van der Waals surface area contributed by atoms with Crippen molar-refractivity contribution >= 4 is 11.8 Å². The van der Waals surface area contributed by atoms with Gasteiger partial charge in [0.1, 0.15) is 5.75 Å². The van der Waals surface area contributed by atoms with Crippen LogP contribution in [0, 0.1) is 0 Å². The van der Waals surface area contributed by atoms with E-state index in [2.05, 4.69) is 9.98 Å². The first-order valence-electron chi connectivity index (χ1n) is 5.40. The van der Waals surface area contributed by atoms with Crippen molar-refractivity contribution in [2.45, 2.75) is 0 Å². The molecule has 5 heteroatoms. The molecule has 0 saturated heterocycles. The highest BCUT2D eigenvalue weighted by Gasteiger charge is 2.05. The maximum Gasteiger partial charge on any atom is 0.192 e. The largest absolute Gasteiger partial charge is 0.496 e. The quantitative estimate of drug-likeness (QED) is 0.633. The minimum absolute atomic E-state index is 0.0142. The second-order valence-corrected chi connectivity index (χ2v) is 3.64. The lowest BCUT2D eigenvalue weighted by Gasteiger charge is -2.08. The zero-order valence-electron chi connectivity index (χ0n) is 10.00. The maximum absolute atomic E-state index is 5.33. The number of nitrogens with zero attached hydrogens (tertiary/aromatic N) is 2. The molecule has 2 rings (SSSR count). The summed E-state index contributed by atoms with van der Waals surface area (Å²) in [4.78, 5) is 7.99. The number of methoxy groups -OCH3 is 1. The average Bonchev–Trinajstić information content (AvgIpc) is 2.38. The lowest BCUT2D eigenvalue weighted by Crippen LogP contribution is -2.22. The Morgan fingerprint density at radius 2 is 2.00 bits per heavy atom. The molecule has 92 valence electrons. The third kappa shape index (κ3) is 2.57. The monoisotopic (exact) mass is 242 g/mol. The topological polar surface area (TPSA) is 86.5 Å². The number of para-hydroxylation sites is 1. The van der Waals surface area contributed by atoms with Gasteiger partial charge in [-0.1, -0.05) is 18.2 Å². The number of ether oxygens (including phenoxy) is 1. The molecule has 0 aliphatic rings. The Labute approximate surface area is 105 Å². The molecule has 0 fully saturated rings. The number of nitrogens with two attached hydrogens (primary N) is 2. The standard InChI is InChI=1S/C13H14N4O/c1-18-11-5-3-2-4-10(11)9-6-7-16-12(8-9)17-13(14)15/h2-8H,1H3,(H4,14,15,16,17). The Hall–Kier alpha value is -2.56. The van der Waals surface area contributed by atoms with Crippen molar-refractivity contribution in [3.05, 3.63) is 42.6 Å². The van der Waals surface area contributed by atoms with Crippen LogP contribution in [0.2, 0.25) is 0 Å². The van der Waals surface area contributed by atoms with Gasteiger partial charge in [-0.15, -0.1) is 0 Å². The molecule has 0 bridgehead atoms. The van der Waals surface area contributed by atoms with Crippen molar-refractivity contribution < 1.29 is 4.74 Å². The summed E-state index contributed by atoms with van der Waals surface area (Å²) < 4.78 is 5.32. The first-order chi connectivity index (χ1) is 8.70. The van der Waals surface area contributed by atoms with Crippen molar-refractivity contribution in [1.29, 1.82) is 0 Å². The zero-order chi connectivity index (χ0) is 13.0. The molecule has 4 N–H and O–H groups in total. The smallest absolute Gasteiger partial charge is 0.192 e. The lowest BCUT2D eigenvalue weighted by molar-refractivity contribution is 0.416. The number of aliphatic imine (C=N–C) groups is 1. The summed E-state index contributed by atoms with van der Waals surface area (Å²) in [6, 6.07) is 11.4. The van der Waals surface area contributed by atoms with Gasteiger partial charge in [-0.3, -0.25) is 0 Å². The fraction of sp³-hybridized carbons (Fsp3) is 0.0769. The molecule has 0 radical (unpaired) electrons. The molecular weight excluding hydrogens is 228 g/mol. The first-order valence-corrected chi connectivity index (χ1v) is 5.40. The fourth-order valence-electron chi connectivity index (χ4n) is 1.66. The molecule has 0 amide bonds. The Bertz CT molecular complexity index is 577. The van der Waals surface area contributed by atoms with E-state index in [1.807, 2.05) is 30.3 Å². The van der Waals surface area contributed by atoms with E-state index < -0.39 is 0 Å². The highest BCUT2D eigenvalue weighted by Crippen LogP contribution is 2.30. The van der Waals surface area contributed by atoms with Gasteiger partial charge in [-0.05, 0) is 23.8 Å². The molecule has 2 aromatic rings. The molecule has 18 heavy (non-hydrogen) atoms. The van der Waals surface area contributed by atoms with Crippen LogP contribution in [0.25, 0.3) is 11.1 Å². The van der Waals surface area contributed by atoms with Crippen molar-refractivity contribution in [2.75, 3.05) is 7.11 Å². The molecule has 1 aromatic heterocycles. The van der Waals surface area contributed by atoms with Gasteiger partial charge in [0.05, 0.1) is 7.11 Å². The molecule has 1 heterocycles. The number of rotatable bonds is 3. The highest BCUT2D eigenvalue weighted by atomic mass is 16.5. The summed E-state index contributed by atoms with van der Waals surface area (Å²) >= 11 is 0. The van der Waals surface area contributed by atoms with Crippen LogP contribution in [0.3, 0.4) is 0 Å². The van der Waals surface area contributed by atoms with Gasteiger partial charge in [0.25, 0.3) is 0 Å². The Kier molecular flexibility index (Phi) is 3.43. The van der Waals surface area contributed by atoms with Crippen LogP contribution in [0.15, 0.2) is 47.6 Å². The predicted octanol–water partition coefficient (Wildman–Crippen LogP) is 1.66. The van der Waals surface area contributed by atoms with E-state index in [1.54, 1.807) is 19.4 Å². The Balaban J connectivity index is 2.48. The maximum atomic E-state index is 5.33. The van der Waals surface area contributed by atoms with Crippen LogP contribution in [0.5, 0.6) is 5.75 Å². The van der Waals surface area contributed by atoms with Gasteiger partial charge >= 0.3 is 0 Å². The number of pyridine rings is 1. The average molecular weight is 242 g/mol. The minimum atomic E-state index is -0.0142. The van der Waals surface area contributed by atoms with E-state index in [-0.39, 0.29) is 5.96 Å². The third-order valence-electron chi connectivity index (χ3n) is 2.41. The molecule has 0 atom stereocenters. The summed E-state index contributed by atoms with van der Waals surface area (Å²) in [5.74, 6) is 1.25. The molecule has 0 spiro atoms. The van der Waals surface area contributed by atoms with Gasteiger partial charge in [0, 0.05) is 11.8 Å². The number of aromatic nitrogens is 1. The van der Waals surface area contributed by atoms with E-state index in [0.29, 0.717) is 5.82 Å². The predicted molar refractivity (Wildman–Crippen MR) is 71.7 cm³/mol. The van der Waals surface area contributed by atoms with Crippen molar-refractivity contribution in [2.24, 2.45) is 16.5 Å². The third-order valence-corrected chi connectivity index (χ3v) is 2.41. The number of hydrogen-bond acceptors (Lipinski definition) is 3. The highest BCUT2D eigenvalue weighted by molar-refractivity contribution is 5.79. The van der Waals surface area contributed by atoms with Gasteiger partial charge in [-0.25, -0.2) is 4.98 Å². The van der Waals surface area contributed by atoms with Crippen LogP contribution in [-0.4, -0.2) is 18.1 Å². The van der Waals surface area contributed by atoms with Crippen LogP contribution in [-0.2, 0) is 0 Å². The molecule has 0 aliphatic heterocycles. The van der Waals surface area contributed by atoms with Crippen molar-refractivity contribution in [1.82, 2.24) is 4.98 Å². The van der Waals surface area contributed by atoms with Crippen LogP contribution in [0.1, 0.15) is 0 Å². The zero-order valence-corrected chi connectivity index (χ0v) is 10.00. The van der Waals surface area contributed by atoms with E-state index >= 15 is 0 Å². The summed E-state index contributed by atoms with van der Waals surface area (Å²) in [5, 5.41) is 0. The molecule has 0 unspecified atom stereocenters. The molecule has 1 aromatic carbocycles. The van der Waals surface area contributed by atoms with Crippen LogP contribution >= 0.6 is 0 Å². The summed E-state index contributed by atoms with van der Waals surface area (Å²) in [6.07, 6.45) is 1.66. The van der Waals surface area contributed by atoms with Crippen LogP contribution in [0.4, 0.5) is 5.82 Å². The summed E-state index contributed by atoms with van der Waals surface area (Å²) in [6.45, 7) is 0. The first kappa shape index (κ1) is 11.9. The lowest BCUT2D eigenvalue weighted by atomic mass is 10.1. The minimum Gasteiger partial charge on any atom is -0.496 e. The van der Waals surface area contributed by atoms with E-state index in [9.17, 15) is 0 Å². The Morgan fingerprint density at radius 3 is 2.72 bits per heavy atom. The molecular formula is C13H14N4O. The van der Waals surface area contributed by atoms with Gasteiger partial charge in [0.15, 0.2) is 11.8 Å². The number of guanidine groups is 1. The normalized spacial score (nSPS) is 9.83. The van der Waals surface area contributed by atoms with E-state index in [4.69, 9.17) is 16.2 Å². The number of benzene rings is 1. The summed E-state index contributed by atoms with van der Waals surface area (Å²) in [7, 11) is 1.64.